The summed E-state index contributed by atoms with van der Waals surface area (Å²) in [6, 6.07) is 0. The van der Waals surface area contributed by atoms with Crippen molar-refractivity contribution in [1.82, 2.24) is 10.6 Å². The van der Waals surface area contributed by atoms with Gasteiger partial charge in [-0.05, 0) is 19.5 Å². The highest BCUT2D eigenvalue weighted by molar-refractivity contribution is 6.33. The van der Waals surface area contributed by atoms with E-state index in [9.17, 15) is 14.4 Å². The van der Waals surface area contributed by atoms with Crippen LogP contribution in [-0.4, -0.2) is 70.5 Å². The molecule has 0 bridgehead atoms. The SMILES string of the molecule is CCNCCNCCCOCCOCC(=O)OC(=O)C(N)=O. The van der Waals surface area contributed by atoms with E-state index in [-0.39, 0.29) is 6.61 Å². The van der Waals surface area contributed by atoms with Crippen LogP contribution in [0, 0.1) is 0 Å². The van der Waals surface area contributed by atoms with Crippen LogP contribution in [0.4, 0.5) is 0 Å². The molecule has 0 aromatic carbocycles. The van der Waals surface area contributed by atoms with Gasteiger partial charge in [-0.1, -0.05) is 6.92 Å². The Morgan fingerprint density at radius 2 is 1.64 bits per heavy atom. The molecule has 0 aliphatic carbocycles. The maximum atomic E-state index is 11.0. The number of nitrogens with two attached hydrogens (primary N) is 1. The number of esters is 2. The number of rotatable bonds is 13. The number of ether oxygens (including phenoxy) is 3. The quantitative estimate of drug-likeness (QED) is 0.156. The summed E-state index contributed by atoms with van der Waals surface area (Å²) in [6.07, 6.45) is 0.876. The van der Waals surface area contributed by atoms with Crippen molar-refractivity contribution in [3.63, 3.8) is 0 Å². The molecule has 9 nitrogen and oxygen atoms in total. The van der Waals surface area contributed by atoms with Crippen molar-refractivity contribution in [2.24, 2.45) is 5.73 Å². The van der Waals surface area contributed by atoms with E-state index in [1.807, 2.05) is 0 Å². The summed E-state index contributed by atoms with van der Waals surface area (Å²) >= 11 is 0. The van der Waals surface area contributed by atoms with E-state index in [0.29, 0.717) is 13.2 Å². The second-order valence-corrected chi connectivity index (χ2v) is 4.25. The summed E-state index contributed by atoms with van der Waals surface area (Å²) in [5, 5.41) is 6.47. The summed E-state index contributed by atoms with van der Waals surface area (Å²) in [4.78, 5) is 32.0. The molecule has 0 spiro atoms. The van der Waals surface area contributed by atoms with Gasteiger partial charge in [-0.2, -0.15) is 0 Å². The largest absolute Gasteiger partial charge is 0.404 e. The minimum absolute atomic E-state index is 0.188. The van der Waals surface area contributed by atoms with Gasteiger partial charge in [-0.3, -0.25) is 4.79 Å². The fourth-order valence-corrected chi connectivity index (χ4v) is 1.34. The summed E-state index contributed by atoms with van der Waals surface area (Å²) < 4.78 is 14.3. The van der Waals surface area contributed by atoms with Gasteiger partial charge in [0.25, 0.3) is 0 Å². The Bertz CT molecular complexity index is 338. The molecule has 0 saturated heterocycles. The Hall–Kier alpha value is -1.55. The zero-order valence-corrected chi connectivity index (χ0v) is 12.9. The lowest BCUT2D eigenvalue weighted by atomic mass is 10.4. The maximum Gasteiger partial charge on any atom is 0.404 e. The normalized spacial score (nSPS) is 10.4. The van der Waals surface area contributed by atoms with E-state index < -0.39 is 24.5 Å². The van der Waals surface area contributed by atoms with Gasteiger partial charge in [0.2, 0.25) is 0 Å². The van der Waals surface area contributed by atoms with E-state index in [2.05, 4.69) is 28.0 Å². The molecule has 0 aliphatic rings. The molecular weight excluding hydrogens is 294 g/mol. The first kappa shape index (κ1) is 20.5. The summed E-state index contributed by atoms with van der Waals surface area (Å²) in [6.45, 7) is 6.43. The number of nitrogens with one attached hydrogen (secondary N) is 2. The Kier molecular flexibility index (Phi) is 13.4. The highest BCUT2D eigenvalue weighted by Crippen LogP contribution is 1.86. The molecule has 0 aliphatic heterocycles. The van der Waals surface area contributed by atoms with Crippen LogP contribution in [0.1, 0.15) is 13.3 Å². The van der Waals surface area contributed by atoms with Crippen molar-refractivity contribution in [3.8, 4) is 0 Å². The van der Waals surface area contributed by atoms with Crippen molar-refractivity contribution >= 4 is 17.8 Å². The summed E-state index contributed by atoms with van der Waals surface area (Å²) in [5.74, 6) is -3.68. The molecule has 22 heavy (non-hydrogen) atoms. The van der Waals surface area contributed by atoms with Crippen LogP contribution in [0.15, 0.2) is 0 Å². The number of hydrogen-bond donors (Lipinski definition) is 3. The number of primary amides is 1. The molecule has 9 heteroatoms. The molecule has 0 heterocycles. The molecule has 0 radical (unpaired) electrons. The zero-order chi connectivity index (χ0) is 16.6. The molecule has 0 fully saturated rings. The number of amides is 1. The lowest BCUT2D eigenvalue weighted by Crippen LogP contribution is -2.29. The number of hydrogen-bond acceptors (Lipinski definition) is 8. The fourth-order valence-electron chi connectivity index (χ4n) is 1.34. The molecule has 0 unspecified atom stereocenters. The maximum absolute atomic E-state index is 11.0. The number of carbonyl (C=O) groups is 3. The second-order valence-electron chi connectivity index (χ2n) is 4.25. The topological polar surface area (TPSA) is 129 Å². The van der Waals surface area contributed by atoms with Gasteiger partial charge in [-0.15, -0.1) is 0 Å². The lowest BCUT2D eigenvalue weighted by molar-refractivity contribution is -0.166. The Balaban J connectivity index is 3.25. The highest BCUT2D eigenvalue weighted by atomic mass is 16.6. The number of carbonyl (C=O) groups excluding carboxylic acids is 3. The zero-order valence-electron chi connectivity index (χ0n) is 12.9. The molecule has 0 rings (SSSR count). The molecular formula is C13H25N3O6. The van der Waals surface area contributed by atoms with Gasteiger partial charge < -0.3 is 30.6 Å². The molecule has 1 amide bonds. The van der Waals surface area contributed by atoms with Crippen molar-refractivity contribution in [3.05, 3.63) is 0 Å². The molecule has 0 saturated carbocycles. The first-order valence-corrected chi connectivity index (χ1v) is 7.19. The molecule has 4 N–H and O–H groups in total. The van der Waals surface area contributed by atoms with Crippen molar-refractivity contribution in [2.75, 3.05) is 52.6 Å². The van der Waals surface area contributed by atoms with E-state index >= 15 is 0 Å². The van der Waals surface area contributed by atoms with Crippen LogP contribution in [0.3, 0.4) is 0 Å². The monoisotopic (exact) mass is 319 g/mol. The summed E-state index contributed by atoms with van der Waals surface area (Å²) in [5.41, 5.74) is 4.62. The second kappa shape index (κ2) is 14.4. The third kappa shape index (κ3) is 13.4. The third-order valence-corrected chi connectivity index (χ3v) is 2.37. The first-order valence-electron chi connectivity index (χ1n) is 7.19. The molecule has 0 aromatic rings. The summed E-state index contributed by atoms with van der Waals surface area (Å²) in [7, 11) is 0. The average molecular weight is 319 g/mol. The molecule has 128 valence electrons. The van der Waals surface area contributed by atoms with E-state index in [1.54, 1.807) is 0 Å². The lowest BCUT2D eigenvalue weighted by Gasteiger charge is -2.07. The highest BCUT2D eigenvalue weighted by Gasteiger charge is 2.15. The van der Waals surface area contributed by atoms with Crippen LogP contribution in [-0.2, 0) is 28.6 Å². The minimum atomic E-state index is -1.40. The Morgan fingerprint density at radius 3 is 2.32 bits per heavy atom. The standard InChI is InChI=1S/C13H25N3O6/c1-2-15-5-6-16-4-3-7-20-8-9-21-10-11(17)22-13(19)12(14)18/h15-16H,2-10H2,1H3,(H2,14,18). The van der Waals surface area contributed by atoms with Gasteiger partial charge in [0.05, 0.1) is 13.2 Å². The smallest absolute Gasteiger partial charge is 0.384 e. The van der Waals surface area contributed by atoms with E-state index in [1.165, 1.54) is 0 Å². The molecule has 0 aromatic heterocycles. The molecule has 0 atom stereocenters. The van der Waals surface area contributed by atoms with Crippen LogP contribution in [0.2, 0.25) is 0 Å². The van der Waals surface area contributed by atoms with Crippen molar-refractivity contribution < 1.29 is 28.6 Å². The third-order valence-electron chi connectivity index (χ3n) is 2.37. The predicted octanol–water partition coefficient (Wildman–Crippen LogP) is -1.84. The van der Waals surface area contributed by atoms with Crippen molar-refractivity contribution in [1.29, 1.82) is 0 Å². The van der Waals surface area contributed by atoms with Crippen LogP contribution in [0.25, 0.3) is 0 Å². The van der Waals surface area contributed by atoms with Gasteiger partial charge in [0.15, 0.2) is 0 Å². The average Bonchev–Trinajstić information content (AvgIpc) is 2.48. The van der Waals surface area contributed by atoms with Gasteiger partial charge in [0.1, 0.15) is 6.61 Å². The van der Waals surface area contributed by atoms with E-state index in [0.717, 1.165) is 32.6 Å². The van der Waals surface area contributed by atoms with Gasteiger partial charge in [0, 0.05) is 19.7 Å². The van der Waals surface area contributed by atoms with Gasteiger partial charge >= 0.3 is 17.8 Å². The van der Waals surface area contributed by atoms with Crippen LogP contribution < -0.4 is 16.4 Å². The van der Waals surface area contributed by atoms with Crippen LogP contribution >= 0.6 is 0 Å². The Labute approximate surface area is 129 Å². The number of likely N-dealkylation sites (N-methyl/N-ethyl adjacent to an activating group) is 1. The fraction of sp³-hybridized carbons (Fsp3) is 0.769. The Morgan fingerprint density at radius 1 is 0.955 bits per heavy atom. The van der Waals surface area contributed by atoms with Crippen molar-refractivity contribution in [2.45, 2.75) is 13.3 Å². The van der Waals surface area contributed by atoms with Gasteiger partial charge in [-0.25, -0.2) is 9.59 Å². The van der Waals surface area contributed by atoms with E-state index in [4.69, 9.17) is 9.47 Å². The first-order chi connectivity index (χ1) is 10.6. The minimum Gasteiger partial charge on any atom is -0.384 e. The van der Waals surface area contributed by atoms with Crippen LogP contribution in [0.5, 0.6) is 0 Å². The predicted molar refractivity (Wildman–Crippen MR) is 78.0 cm³/mol.